The molecule has 1 aromatic rings. The van der Waals surface area contributed by atoms with Crippen LogP contribution in [0.1, 0.15) is 39.7 Å². The lowest BCUT2D eigenvalue weighted by molar-refractivity contribution is -0.142. The fourth-order valence-electron chi connectivity index (χ4n) is 1.93. The molecule has 130 valence electrons. The van der Waals surface area contributed by atoms with Crippen molar-refractivity contribution in [3.05, 3.63) is 35.1 Å². The van der Waals surface area contributed by atoms with Gasteiger partial charge < -0.3 is 4.74 Å². The van der Waals surface area contributed by atoms with Crippen LogP contribution in [-0.4, -0.2) is 22.0 Å². The number of hydrogen-bond donors (Lipinski definition) is 1. The maximum absolute atomic E-state index is 14.2. The molecule has 0 saturated carbocycles. The highest BCUT2D eigenvalue weighted by atomic mass is 32.2. The standard InChI is InChI=1S/C15H20F3NO3S/c1-14(2,3)23(21)19-15(4,8-11(20)22-5)12-9(16)6-7-10(17)13(12)18/h6-7,19H,8H2,1-5H3/t15-,23+/m0/s1. The van der Waals surface area contributed by atoms with Gasteiger partial charge in [-0.3, -0.25) is 4.79 Å². The van der Waals surface area contributed by atoms with Crippen LogP contribution >= 0.6 is 0 Å². The van der Waals surface area contributed by atoms with E-state index in [1.165, 1.54) is 6.92 Å². The maximum Gasteiger partial charge on any atom is 0.307 e. The highest BCUT2D eigenvalue weighted by molar-refractivity contribution is 7.84. The average Bonchev–Trinajstić information content (AvgIpc) is 2.41. The molecule has 1 rings (SSSR count). The molecule has 2 atom stereocenters. The molecule has 1 aromatic carbocycles. The lowest BCUT2D eigenvalue weighted by Gasteiger charge is -2.33. The van der Waals surface area contributed by atoms with Gasteiger partial charge in [0.2, 0.25) is 0 Å². The highest BCUT2D eigenvalue weighted by Crippen LogP contribution is 2.32. The average molecular weight is 351 g/mol. The number of rotatable bonds is 5. The topological polar surface area (TPSA) is 55.4 Å². The first kappa shape index (κ1) is 19.6. The molecule has 0 heterocycles. The van der Waals surface area contributed by atoms with Gasteiger partial charge in [0, 0.05) is 5.56 Å². The van der Waals surface area contributed by atoms with Gasteiger partial charge in [-0.25, -0.2) is 22.1 Å². The van der Waals surface area contributed by atoms with Gasteiger partial charge in [0.25, 0.3) is 0 Å². The van der Waals surface area contributed by atoms with Crippen molar-refractivity contribution < 1.29 is 26.9 Å². The summed E-state index contributed by atoms with van der Waals surface area (Å²) in [5.74, 6) is -4.53. The molecule has 0 bridgehead atoms. The quantitative estimate of drug-likeness (QED) is 0.655. The van der Waals surface area contributed by atoms with E-state index in [1.54, 1.807) is 20.8 Å². The van der Waals surface area contributed by atoms with Crippen LogP contribution in [0.15, 0.2) is 12.1 Å². The Hall–Kier alpha value is -1.41. The Morgan fingerprint density at radius 1 is 1.17 bits per heavy atom. The van der Waals surface area contributed by atoms with Crippen LogP contribution in [0.3, 0.4) is 0 Å². The second kappa shape index (κ2) is 7.00. The van der Waals surface area contributed by atoms with Crippen molar-refractivity contribution in [2.45, 2.75) is 44.4 Å². The summed E-state index contributed by atoms with van der Waals surface area (Å²) in [6, 6.07) is 1.40. The smallest absolute Gasteiger partial charge is 0.307 e. The number of carbonyl (C=O) groups excluding carboxylic acids is 1. The van der Waals surface area contributed by atoms with E-state index in [4.69, 9.17) is 0 Å². The Balaban J connectivity index is 3.44. The number of nitrogens with one attached hydrogen (secondary N) is 1. The molecular formula is C15H20F3NO3S. The van der Waals surface area contributed by atoms with Gasteiger partial charge in [-0.15, -0.1) is 0 Å². The zero-order valence-corrected chi connectivity index (χ0v) is 14.4. The molecule has 0 saturated heterocycles. The Morgan fingerprint density at radius 3 is 2.17 bits per heavy atom. The maximum atomic E-state index is 14.2. The lowest BCUT2D eigenvalue weighted by Crippen LogP contribution is -2.48. The third-order valence-electron chi connectivity index (χ3n) is 3.20. The predicted octanol–water partition coefficient (Wildman–Crippen LogP) is 2.93. The van der Waals surface area contributed by atoms with Crippen LogP contribution in [0.5, 0.6) is 0 Å². The van der Waals surface area contributed by atoms with Crippen LogP contribution in [-0.2, 0) is 26.1 Å². The largest absolute Gasteiger partial charge is 0.469 e. The van der Waals surface area contributed by atoms with Gasteiger partial charge in [0.1, 0.15) is 5.82 Å². The lowest BCUT2D eigenvalue weighted by atomic mass is 9.88. The molecule has 23 heavy (non-hydrogen) atoms. The highest BCUT2D eigenvalue weighted by Gasteiger charge is 2.39. The molecule has 0 aliphatic heterocycles. The molecule has 0 spiro atoms. The summed E-state index contributed by atoms with van der Waals surface area (Å²) < 4.78 is 60.5. The normalized spacial score (nSPS) is 15.8. The molecule has 0 radical (unpaired) electrons. The molecule has 0 unspecified atom stereocenters. The van der Waals surface area contributed by atoms with Crippen LogP contribution in [0.25, 0.3) is 0 Å². The summed E-state index contributed by atoms with van der Waals surface area (Å²) in [7, 11) is -0.650. The monoisotopic (exact) mass is 351 g/mol. The van der Waals surface area contributed by atoms with Crippen LogP contribution in [0, 0.1) is 17.5 Å². The summed E-state index contributed by atoms with van der Waals surface area (Å²) in [4.78, 5) is 11.6. The van der Waals surface area contributed by atoms with E-state index >= 15 is 0 Å². The minimum atomic E-state index is -1.76. The van der Waals surface area contributed by atoms with E-state index < -0.39 is 56.7 Å². The van der Waals surface area contributed by atoms with Gasteiger partial charge in [-0.05, 0) is 39.8 Å². The van der Waals surface area contributed by atoms with Crippen LogP contribution in [0.4, 0.5) is 13.2 Å². The van der Waals surface area contributed by atoms with Gasteiger partial charge in [0.05, 0.1) is 34.8 Å². The summed E-state index contributed by atoms with van der Waals surface area (Å²) in [5.41, 5.74) is -2.44. The van der Waals surface area contributed by atoms with E-state index in [0.29, 0.717) is 6.07 Å². The number of hydrogen-bond acceptors (Lipinski definition) is 3. The van der Waals surface area contributed by atoms with Crippen LogP contribution < -0.4 is 4.72 Å². The van der Waals surface area contributed by atoms with Crippen LogP contribution in [0.2, 0.25) is 0 Å². The van der Waals surface area contributed by atoms with Gasteiger partial charge in [-0.1, -0.05) is 0 Å². The van der Waals surface area contributed by atoms with E-state index in [-0.39, 0.29) is 0 Å². The van der Waals surface area contributed by atoms with Crippen molar-refractivity contribution in [1.29, 1.82) is 0 Å². The van der Waals surface area contributed by atoms with Crippen molar-refractivity contribution in [3.63, 3.8) is 0 Å². The molecule has 0 amide bonds. The number of benzene rings is 1. The zero-order valence-electron chi connectivity index (χ0n) is 13.6. The second-order valence-electron chi connectivity index (χ2n) is 6.29. The molecule has 0 aliphatic carbocycles. The fraction of sp³-hybridized carbons (Fsp3) is 0.533. The Labute approximate surface area is 136 Å². The number of methoxy groups -OCH3 is 1. The summed E-state index contributed by atoms with van der Waals surface area (Å²) in [6.45, 7) is 6.21. The van der Waals surface area contributed by atoms with Gasteiger partial charge >= 0.3 is 5.97 Å². The van der Waals surface area contributed by atoms with Gasteiger partial charge in [0.15, 0.2) is 11.6 Å². The minimum Gasteiger partial charge on any atom is -0.469 e. The van der Waals surface area contributed by atoms with E-state index in [0.717, 1.165) is 13.2 Å². The number of carbonyl (C=O) groups is 1. The Morgan fingerprint density at radius 2 is 1.70 bits per heavy atom. The first-order valence-electron chi connectivity index (χ1n) is 6.83. The van der Waals surface area contributed by atoms with Crippen molar-refractivity contribution in [2.75, 3.05) is 7.11 Å². The summed E-state index contributed by atoms with van der Waals surface area (Å²) in [6.07, 6.45) is -0.525. The van der Waals surface area contributed by atoms with Crippen molar-refractivity contribution in [1.82, 2.24) is 4.72 Å². The van der Waals surface area contributed by atoms with E-state index in [1.807, 2.05) is 0 Å². The van der Waals surface area contributed by atoms with Crippen molar-refractivity contribution in [3.8, 4) is 0 Å². The first-order chi connectivity index (χ1) is 10.4. The zero-order chi connectivity index (χ0) is 18.0. The van der Waals surface area contributed by atoms with Gasteiger partial charge in [-0.2, -0.15) is 0 Å². The molecule has 0 aromatic heterocycles. The van der Waals surface area contributed by atoms with Crippen molar-refractivity contribution in [2.24, 2.45) is 0 Å². The number of ether oxygens (including phenoxy) is 1. The second-order valence-corrected chi connectivity index (χ2v) is 8.25. The Kier molecular flexibility index (Phi) is 5.98. The molecule has 1 N–H and O–H groups in total. The Bertz CT molecular complexity index is 631. The van der Waals surface area contributed by atoms with E-state index in [9.17, 15) is 22.2 Å². The molecule has 0 aliphatic rings. The van der Waals surface area contributed by atoms with E-state index in [2.05, 4.69) is 9.46 Å². The molecular weight excluding hydrogens is 331 g/mol. The number of esters is 1. The minimum absolute atomic E-state index is 0.525. The third kappa shape index (κ3) is 4.54. The predicted molar refractivity (Wildman–Crippen MR) is 81.3 cm³/mol. The summed E-state index contributed by atoms with van der Waals surface area (Å²) >= 11 is 0. The van der Waals surface area contributed by atoms with Crippen molar-refractivity contribution >= 4 is 17.0 Å². The third-order valence-corrected chi connectivity index (χ3v) is 4.94. The molecule has 4 nitrogen and oxygen atoms in total. The summed E-state index contributed by atoms with van der Waals surface area (Å²) in [5, 5.41) is 0. The number of halogens is 3. The fourth-order valence-corrected chi connectivity index (χ4v) is 2.82. The molecule has 8 heteroatoms. The molecule has 0 fully saturated rings. The first-order valence-corrected chi connectivity index (χ1v) is 7.98. The SMILES string of the molecule is COC(=O)C[C@](C)(N[S@](=O)C(C)(C)C)c1c(F)ccc(F)c1F.